The van der Waals surface area contributed by atoms with E-state index in [0.717, 1.165) is 18.4 Å². The topological polar surface area (TPSA) is 116 Å². The van der Waals surface area contributed by atoms with E-state index in [1.54, 1.807) is 13.8 Å². The quantitative estimate of drug-likeness (QED) is 0.177. The molecule has 8 nitrogen and oxygen atoms in total. The average Bonchev–Trinajstić information content (AvgIpc) is 2.92. The van der Waals surface area contributed by atoms with Crippen molar-refractivity contribution in [1.82, 2.24) is 0 Å². The van der Waals surface area contributed by atoms with Crippen molar-refractivity contribution in [2.75, 3.05) is 13.7 Å². The highest BCUT2D eigenvalue weighted by Gasteiger charge is 2.07. The van der Waals surface area contributed by atoms with Gasteiger partial charge in [-0.25, -0.2) is 19.2 Å². The van der Waals surface area contributed by atoms with Crippen molar-refractivity contribution < 1.29 is 38.5 Å². The van der Waals surface area contributed by atoms with Gasteiger partial charge in [-0.1, -0.05) is 89.8 Å². The summed E-state index contributed by atoms with van der Waals surface area (Å²) in [6.07, 6.45) is 5.85. The van der Waals surface area contributed by atoms with Crippen molar-refractivity contribution in [3.05, 3.63) is 85.0 Å². The molecule has 1 aromatic rings. The van der Waals surface area contributed by atoms with Crippen molar-refractivity contribution in [1.29, 1.82) is 0 Å². The Kier molecular flexibility index (Phi) is 26.1. The second kappa shape index (κ2) is 25.7. The lowest BCUT2D eigenvalue weighted by Crippen LogP contribution is -2.12. The molecule has 1 N–H and O–H groups in total. The number of carbonyl (C=O) groups excluding carboxylic acids is 3. The Balaban J connectivity index is -0.000000468. The standard InChI is InChI=1S/C11H12O2.C11H20O2.C5H8O2.C4H6O2/c1-9(2)11(12)13-8-10-6-4-3-5-7-10;1-4-7-8-10(5-2)9-13-11(12)6-3;1-4(2)5(6)7-3;1-3(2)4(5)6/h3-7H,1,8H2,2H3;6,10H,3-5,7-9H2,1-2H3;1H2,2-3H3;1H2,2H3,(H,5,6). The highest BCUT2D eigenvalue weighted by molar-refractivity contribution is 5.87. The molecule has 0 heterocycles. The molecule has 39 heavy (non-hydrogen) atoms. The first-order chi connectivity index (χ1) is 18.3. The summed E-state index contributed by atoms with van der Waals surface area (Å²) in [5.74, 6) is -1.42. The maximum absolute atomic E-state index is 11.0. The summed E-state index contributed by atoms with van der Waals surface area (Å²) < 4.78 is 14.2. The number of unbranched alkanes of at least 4 members (excludes halogenated alkanes) is 1. The highest BCUT2D eigenvalue weighted by Crippen LogP contribution is 2.12. The number of ether oxygens (including phenoxy) is 3. The van der Waals surface area contributed by atoms with Crippen LogP contribution in [0.25, 0.3) is 0 Å². The minimum absolute atomic E-state index is 0.176. The second-order valence-electron chi connectivity index (χ2n) is 8.45. The fourth-order valence-electron chi connectivity index (χ4n) is 2.18. The Labute approximate surface area is 234 Å². The van der Waals surface area contributed by atoms with Crippen LogP contribution in [0.2, 0.25) is 0 Å². The lowest BCUT2D eigenvalue weighted by molar-refractivity contribution is -0.140. The van der Waals surface area contributed by atoms with Gasteiger partial charge in [0.05, 0.1) is 13.7 Å². The van der Waals surface area contributed by atoms with Crippen LogP contribution in [0.1, 0.15) is 65.9 Å². The van der Waals surface area contributed by atoms with Crippen molar-refractivity contribution in [3.8, 4) is 0 Å². The molecule has 0 aliphatic rings. The third-order valence-electron chi connectivity index (χ3n) is 4.63. The molecule has 0 saturated carbocycles. The van der Waals surface area contributed by atoms with Crippen molar-refractivity contribution >= 4 is 23.9 Å². The normalized spacial score (nSPS) is 9.69. The zero-order valence-corrected chi connectivity index (χ0v) is 24.4. The smallest absolute Gasteiger partial charge is 0.333 e. The van der Waals surface area contributed by atoms with Crippen LogP contribution in [0.15, 0.2) is 79.4 Å². The zero-order valence-electron chi connectivity index (χ0n) is 24.4. The van der Waals surface area contributed by atoms with Gasteiger partial charge in [-0.2, -0.15) is 0 Å². The molecule has 0 amide bonds. The number of hydrogen-bond acceptors (Lipinski definition) is 7. The molecule has 0 aliphatic heterocycles. The van der Waals surface area contributed by atoms with Crippen LogP contribution >= 0.6 is 0 Å². The molecule has 0 bridgehead atoms. The molecule has 1 unspecified atom stereocenters. The number of benzene rings is 1. The predicted molar refractivity (Wildman–Crippen MR) is 155 cm³/mol. The van der Waals surface area contributed by atoms with E-state index in [-0.39, 0.29) is 23.5 Å². The van der Waals surface area contributed by atoms with Crippen LogP contribution in [-0.2, 0) is 40.0 Å². The summed E-state index contributed by atoms with van der Waals surface area (Å²) in [5, 5.41) is 7.89. The number of hydrogen-bond donors (Lipinski definition) is 1. The van der Waals surface area contributed by atoms with Gasteiger partial charge in [0.15, 0.2) is 0 Å². The number of carboxylic acids is 1. The first-order valence-corrected chi connectivity index (χ1v) is 12.5. The number of methoxy groups -OCH3 is 1. The third-order valence-corrected chi connectivity index (χ3v) is 4.63. The van der Waals surface area contributed by atoms with E-state index in [0.29, 0.717) is 30.3 Å². The van der Waals surface area contributed by atoms with Crippen LogP contribution in [0.4, 0.5) is 0 Å². The monoisotopic (exact) mass is 546 g/mol. The minimum Gasteiger partial charge on any atom is -0.478 e. The molecule has 0 aromatic heterocycles. The lowest BCUT2D eigenvalue weighted by atomic mass is 10.0. The van der Waals surface area contributed by atoms with Crippen molar-refractivity contribution in [2.24, 2.45) is 5.92 Å². The molecule has 0 saturated heterocycles. The molecule has 0 fully saturated rings. The first-order valence-electron chi connectivity index (χ1n) is 12.5. The Bertz CT molecular complexity index is 904. The van der Waals surface area contributed by atoms with Crippen LogP contribution in [-0.4, -0.2) is 42.7 Å². The summed E-state index contributed by atoms with van der Waals surface area (Å²) in [5.41, 5.74) is 2.02. The molecule has 1 atom stereocenters. The van der Waals surface area contributed by atoms with Gasteiger partial charge < -0.3 is 19.3 Å². The molecule has 0 aliphatic carbocycles. The van der Waals surface area contributed by atoms with E-state index >= 15 is 0 Å². The largest absolute Gasteiger partial charge is 0.478 e. The van der Waals surface area contributed by atoms with E-state index in [9.17, 15) is 19.2 Å². The van der Waals surface area contributed by atoms with Gasteiger partial charge in [0.2, 0.25) is 0 Å². The Morgan fingerprint density at radius 2 is 1.41 bits per heavy atom. The number of carboxylic acid groups (broad SMARTS) is 1. The Morgan fingerprint density at radius 3 is 1.74 bits per heavy atom. The summed E-state index contributed by atoms with van der Waals surface area (Å²) in [4.78, 5) is 41.5. The lowest BCUT2D eigenvalue weighted by Gasteiger charge is -2.13. The van der Waals surface area contributed by atoms with E-state index in [4.69, 9.17) is 14.6 Å². The van der Waals surface area contributed by atoms with E-state index in [1.165, 1.54) is 33.0 Å². The summed E-state index contributed by atoms with van der Waals surface area (Å²) in [7, 11) is 1.33. The van der Waals surface area contributed by atoms with Crippen molar-refractivity contribution in [3.63, 3.8) is 0 Å². The van der Waals surface area contributed by atoms with E-state index < -0.39 is 5.97 Å². The molecule has 1 rings (SSSR count). The Hall–Kier alpha value is -3.94. The minimum atomic E-state index is -0.935. The van der Waals surface area contributed by atoms with E-state index in [1.807, 2.05) is 30.3 Å². The van der Waals surface area contributed by atoms with Gasteiger partial charge in [-0.3, -0.25) is 0 Å². The maximum atomic E-state index is 11.0. The van der Waals surface area contributed by atoms with Crippen LogP contribution in [0.5, 0.6) is 0 Å². The second-order valence-corrected chi connectivity index (χ2v) is 8.45. The predicted octanol–water partition coefficient (Wildman–Crippen LogP) is 6.62. The highest BCUT2D eigenvalue weighted by atomic mass is 16.5. The van der Waals surface area contributed by atoms with Gasteiger partial charge in [0.1, 0.15) is 6.61 Å². The SMILES string of the molecule is C=C(C)C(=O)O.C=C(C)C(=O)OC.C=C(C)C(=O)OCc1ccccc1.C=CC(=O)OCC(CC)CCCC. The zero-order chi connectivity index (χ0) is 30.8. The maximum Gasteiger partial charge on any atom is 0.333 e. The average molecular weight is 547 g/mol. The number of carbonyl (C=O) groups is 4. The fraction of sp³-hybridized carbons (Fsp3) is 0.419. The fourth-order valence-corrected chi connectivity index (χ4v) is 2.18. The molecular weight excluding hydrogens is 500 g/mol. The third kappa shape index (κ3) is 26.9. The van der Waals surface area contributed by atoms with Crippen LogP contribution < -0.4 is 0 Å². The van der Waals surface area contributed by atoms with Crippen LogP contribution in [0, 0.1) is 5.92 Å². The summed E-state index contributed by atoms with van der Waals surface area (Å²) >= 11 is 0. The number of rotatable bonds is 12. The van der Waals surface area contributed by atoms with Crippen molar-refractivity contribution in [2.45, 2.75) is 66.9 Å². The number of aliphatic carboxylic acids is 1. The molecular formula is C31H46O8. The number of esters is 3. The van der Waals surface area contributed by atoms with Gasteiger partial charge in [-0.05, 0) is 38.7 Å². The molecule has 0 spiro atoms. The summed E-state index contributed by atoms with van der Waals surface area (Å²) in [6, 6.07) is 9.55. The molecule has 0 radical (unpaired) electrons. The molecule has 218 valence electrons. The van der Waals surface area contributed by atoms with Gasteiger partial charge in [0.25, 0.3) is 0 Å². The molecule has 1 aromatic carbocycles. The Morgan fingerprint density at radius 1 is 0.897 bits per heavy atom. The van der Waals surface area contributed by atoms with E-state index in [2.05, 4.69) is 44.9 Å². The van der Waals surface area contributed by atoms with Gasteiger partial charge in [0, 0.05) is 22.8 Å². The molecule has 8 heteroatoms. The summed E-state index contributed by atoms with van der Waals surface area (Å²) in [6.45, 7) is 23.2. The van der Waals surface area contributed by atoms with Gasteiger partial charge >= 0.3 is 23.9 Å². The van der Waals surface area contributed by atoms with Crippen LogP contribution in [0.3, 0.4) is 0 Å². The first kappa shape index (κ1) is 39.6. The van der Waals surface area contributed by atoms with Gasteiger partial charge in [-0.15, -0.1) is 0 Å².